The molecule has 0 saturated carbocycles. The molecule has 0 aromatic heterocycles. The summed E-state index contributed by atoms with van der Waals surface area (Å²) in [5.41, 5.74) is 0. The molecular formula is C24H34N2O4S4Sn. The SMILES string of the molecule is COC(CN(C)C(=S)[S-])OC.COC(CN(C)C(=S)[S-])OC.c1cc[c]([Sn+2][c]2ccccc2)cc1. The van der Waals surface area contributed by atoms with Crippen molar-refractivity contribution in [3.8, 4) is 0 Å². The molecule has 0 amide bonds. The standard InChI is InChI=1S/2C6H13NO2S2.2C6H5.Sn/c2*1-7(6(10)11)4-5(8-2)9-3;2*1-2-4-6-5-3-1;/h2*5H,4H2,1-3H3,(H,10,11);2*1-5H;/q;;;;+2/p-2. The van der Waals surface area contributed by atoms with Gasteiger partial charge in [0.15, 0.2) is 12.6 Å². The van der Waals surface area contributed by atoms with E-state index in [0.29, 0.717) is 21.7 Å². The summed E-state index contributed by atoms with van der Waals surface area (Å²) >= 11 is 18.5. The number of likely N-dealkylation sites (N-methyl/N-ethyl adjacent to an activating group) is 2. The van der Waals surface area contributed by atoms with Crippen LogP contribution in [0.4, 0.5) is 0 Å². The first kappa shape index (κ1) is 34.3. The van der Waals surface area contributed by atoms with Gasteiger partial charge in [-0.3, -0.25) is 0 Å². The molecule has 192 valence electrons. The quantitative estimate of drug-likeness (QED) is 0.164. The van der Waals surface area contributed by atoms with Gasteiger partial charge in [-0.25, -0.2) is 0 Å². The van der Waals surface area contributed by atoms with Crippen LogP contribution in [-0.4, -0.2) is 108 Å². The zero-order valence-corrected chi connectivity index (χ0v) is 27.1. The average molecular weight is 662 g/mol. The van der Waals surface area contributed by atoms with Crippen molar-refractivity contribution in [3.05, 3.63) is 60.7 Å². The zero-order chi connectivity index (χ0) is 26.6. The summed E-state index contributed by atoms with van der Waals surface area (Å²) in [7, 11) is 9.92. The number of methoxy groups -OCH3 is 4. The third kappa shape index (κ3) is 17.4. The van der Waals surface area contributed by atoms with E-state index in [2.05, 4.69) is 60.7 Å². The number of thiocarbonyl (C=S) groups is 2. The Labute approximate surface area is 242 Å². The molecular weight excluding hydrogens is 627 g/mol. The molecule has 11 heteroatoms. The van der Waals surface area contributed by atoms with Gasteiger partial charge in [-0.2, -0.15) is 0 Å². The van der Waals surface area contributed by atoms with Crippen LogP contribution in [0.5, 0.6) is 0 Å². The van der Waals surface area contributed by atoms with E-state index in [9.17, 15) is 0 Å². The Bertz CT molecular complexity index is 746. The Morgan fingerprint density at radius 2 is 0.971 bits per heavy atom. The van der Waals surface area contributed by atoms with Crippen molar-refractivity contribution < 1.29 is 18.9 Å². The van der Waals surface area contributed by atoms with E-state index >= 15 is 0 Å². The Kier molecular flexibility index (Phi) is 21.0. The summed E-state index contributed by atoms with van der Waals surface area (Å²) in [6, 6.07) is 21.6. The average Bonchev–Trinajstić information content (AvgIpc) is 2.87. The molecule has 0 bridgehead atoms. The van der Waals surface area contributed by atoms with Crippen LogP contribution in [0.2, 0.25) is 0 Å². The van der Waals surface area contributed by atoms with Crippen molar-refractivity contribution in [3.63, 3.8) is 0 Å². The van der Waals surface area contributed by atoms with Crippen molar-refractivity contribution >= 4 is 86.6 Å². The Balaban J connectivity index is 0.000000500. The van der Waals surface area contributed by atoms with Gasteiger partial charge in [0, 0.05) is 42.5 Å². The van der Waals surface area contributed by atoms with Gasteiger partial charge in [0.05, 0.1) is 13.1 Å². The topological polar surface area (TPSA) is 43.4 Å². The molecule has 0 aliphatic rings. The first-order valence-electron chi connectivity index (χ1n) is 10.5. The van der Waals surface area contributed by atoms with Crippen molar-refractivity contribution in [1.29, 1.82) is 0 Å². The number of nitrogens with zero attached hydrogens (tertiary/aromatic N) is 2. The van der Waals surface area contributed by atoms with Gasteiger partial charge in [-0.05, 0) is 0 Å². The van der Waals surface area contributed by atoms with Gasteiger partial charge < -0.3 is 78.4 Å². The Morgan fingerprint density at radius 1 is 0.686 bits per heavy atom. The predicted molar refractivity (Wildman–Crippen MR) is 159 cm³/mol. The molecule has 0 atom stereocenters. The van der Waals surface area contributed by atoms with Crippen LogP contribution < -0.4 is 7.16 Å². The summed E-state index contributed by atoms with van der Waals surface area (Å²) in [6.45, 7) is 1.13. The van der Waals surface area contributed by atoms with Crippen LogP contribution in [-0.2, 0) is 44.2 Å². The summed E-state index contributed by atoms with van der Waals surface area (Å²) in [6.07, 6.45) is -0.526. The van der Waals surface area contributed by atoms with E-state index in [4.69, 9.17) is 68.6 Å². The van der Waals surface area contributed by atoms with E-state index in [0.717, 1.165) is 0 Å². The summed E-state index contributed by atoms with van der Waals surface area (Å²) in [4.78, 5) is 3.45. The molecule has 0 unspecified atom stereocenters. The van der Waals surface area contributed by atoms with E-state index in [1.54, 1.807) is 52.3 Å². The maximum atomic E-state index is 4.95. The maximum absolute atomic E-state index is 4.95. The fourth-order valence-electron chi connectivity index (χ4n) is 2.30. The summed E-state index contributed by atoms with van der Waals surface area (Å²) in [5.74, 6) is 0. The zero-order valence-electron chi connectivity index (χ0n) is 21.0. The number of benzene rings is 2. The van der Waals surface area contributed by atoms with Crippen LogP contribution >= 0.6 is 24.4 Å². The van der Waals surface area contributed by atoms with Crippen molar-refractivity contribution in [2.24, 2.45) is 0 Å². The van der Waals surface area contributed by atoms with Gasteiger partial charge in [-0.1, -0.05) is 8.64 Å². The van der Waals surface area contributed by atoms with Gasteiger partial charge in [0.25, 0.3) is 0 Å². The fraction of sp³-hybridized carbons (Fsp3) is 0.417. The molecule has 0 saturated heterocycles. The molecule has 2 aromatic carbocycles. The number of rotatable bonds is 10. The molecule has 2 aromatic rings. The first-order valence-corrected chi connectivity index (χ1v) is 15.0. The summed E-state index contributed by atoms with van der Waals surface area (Å²) < 4.78 is 23.7. The molecule has 6 nitrogen and oxygen atoms in total. The van der Waals surface area contributed by atoms with Crippen LogP contribution in [0.25, 0.3) is 0 Å². The van der Waals surface area contributed by atoms with Crippen molar-refractivity contribution in [2.75, 3.05) is 55.6 Å². The normalized spacial score (nSPS) is 9.83. The summed E-state index contributed by atoms with van der Waals surface area (Å²) in [5, 5.41) is 0. The van der Waals surface area contributed by atoms with Crippen LogP contribution in [0.15, 0.2) is 60.7 Å². The monoisotopic (exact) mass is 662 g/mol. The minimum atomic E-state index is -0.517. The second kappa shape index (κ2) is 21.4. The van der Waals surface area contributed by atoms with Crippen molar-refractivity contribution in [1.82, 2.24) is 9.80 Å². The second-order valence-electron chi connectivity index (χ2n) is 6.95. The molecule has 0 radical (unpaired) electrons. The molecule has 0 N–H and O–H groups in total. The van der Waals surface area contributed by atoms with Gasteiger partial charge in [-0.15, -0.1) is 0 Å². The third-order valence-electron chi connectivity index (χ3n) is 4.36. The van der Waals surface area contributed by atoms with Gasteiger partial charge in [0.1, 0.15) is 0 Å². The number of ether oxygens (including phenoxy) is 4. The second-order valence-corrected chi connectivity index (χ2v) is 13.0. The van der Waals surface area contributed by atoms with E-state index in [1.807, 2.05) is 0 Å². The number of hydrogen-bond donors (Lipinski definition) is 0. The predicted octanol–water partition coefficient (Wildman–Crippen LogP) is 2.08. The molecule has 0 heterocycles. The third-order valence-corrected chi connectivity index (χ3v) is 9.15. The van der Waals surface area contributed by atoms with Crippen molar-refractivity contribution in [2.45, 2.75) is 12.6 Å². The van der Waals surface area contributed by atoms with Gasteiger partial charge in [0.2, 0.25) is 0 Å². The van der Waals surface area contributed by atoms with E-state index in [1.165, 1.54) is 7.16 Å². The van der Waals surface area contributed by atoms with E-state index in [-0.39, 0.29) is 12.6 Å². The molecule has 35 heavy (non-hydrogen) atoms. The fourth-order valence-corrected chi connectivity index (χ4v) is 5.60. The van der Waals surface area contributed by atoms with Crippen LogP contribution in [0.1, 0.15) is 0 Å². The Hall–Kier alpha value is -0.701. The molecule has 2 rings (SSSR count). The molecule has 0 aliphatic heterocycles. The molecule has 0 fully saturated rings. The minimum absolute atomic E-state index is 0.263. The van der Waals surface area contributed by atoms with Crippen LogP contribution in [0.3, 0.4) is 0 Å². The Morgan fingerprint density at radius 3 is 1.20 bits per heavy atom. The molecule has 0 aliphatic carbocycles. The first-order chi connectivity index (χ1) is 16.7. The van der Waals surface area contributed by atoms with Gasteiger partial charge >= 0.3 is 89.0 Å². The van der Waals surface area contributed by atoms with Crippen LogP contribution in [0, 0.1) is 0 Å². The number of hydrogen-bond acceptors (Lipinski definition) is 8. The van der Waals surface area contributed by atoms with E-state index < -0.39 is 21.1 Å². The molecule has 0 spiro atoms.